The Balaban J connectivity index is 1.60. The molecular weight excluding hydrogens is 320 g/mol. The number of amides is 1. The van der Waals surface area contributed by atoms with Crippen LogP contribution in [0, 0.1) is 5.92 Å². The van der Waals surface area contributed by atoms with Crippen LogP contribution in [0.4, 0.5) is 0 Å². The minimum absolute atomic E-state index is 0.136. The van der Waals surface area contributed by atoms with E-state index in [-0.39, 0.29) is 5.91 Å². The zero-order valence-corrected chi connectivity index (χ0v) is 12.7. The summed E-state index contributed by atoms with van der Waals surface area (Å²) in [6, 6.07) is 7.49. The Morgan fingerprint density at radius 1 is 1.45 bits per heavy atom. The van der Waals surface area contributed by atoms with Gasteiger partial charge in [-0.1, -0.05) is 15.9 Å². The van der Waals surface area contributed by atoms with Gasteiger partial charge in [-0.05, 0) is 56.1 Å². The van der Waals surface area contributed by atoms with E-state index in [1.54, 1.807) is 6.07 Å². The van der Waals surface area contributed by atoms with E-state index in [1.165, 1.54) is 6.42 Å². The minimum Gasteiger partial charge on any atom is -0.451 e. The third kappa shape index (κ3) is 3.04. The van der Waals surface area contributed by atoms with E-state index in [2.05, 4.69) is 26.6 Å². The maximum absolute atomic E-state index is 12.0. The molecule has 0 spiro atoms. The van der Waals surface area contributed by atoms with Crippen molar-refractivity contribution in [3.63, 3.8) is 0 Å². The molecule has 1 aromatic carbocycles. The maximum atomic E-state index is 12.0. The van der Waals surface area contributed by atoms with Gasteiger partial charge in [-0.3, -0.25) is 4.79 Å². The monoisotopic (exact) mass is 336 g/mol. The third-order valence-corrected chi connectivity index (χ3v) is 4.20. The zero-order valence-electron chi connectivity index (χ0n) is 11.1. The summed E-state index contributed by atoms with van der Waals surface area (Å²) in [4.78, 5) is 12.0. The third-order valence-electron chi connectivity index (χ3n) is 3.70. The molecule has 1 unspecified atom stereocenters. The molecule has 0 bridgehead atoms. The fourth-order valence-electron chi connectivity index (χ4n) is 2.56. The second kappa shape index (κ2) is 5.97. The molecule has 1 aliphatic rings. The van der Waals surface area contributed by atoms with Crippen molar-refractivity contribution in [3.05, 3.63) is 34.5 Å². The Labute approximate surface area is 126 Å². The highest BCUT2D eigenvalue weighted by atomic mass is 79.9. The van der Waals surface area contributed by atoms with Gasteiger partial charge in [-0.2, -0.15) is 0 Å². The predicted molar refractivity (Wildman–Crippen MR) is 81.8 cm³/mol. The van der Waals surface area contributed by atoms with Crippen LogP contribution in [-0.2, 0) is 0 Å². The molecule has 2 N–H and O–H groups in total. The standard InChI is InChI=1S/C15H17BrN2O2/c16-12-1-2-13-11(7-12)8-14(20-13)15(19)18-6-4-10-3-5-17-9-10/h1-2,7-8,10,17H,3-6,9H2,(H,18,19). The molecule has 3 rings (SSSR count). The average molecular weight is 337 g/mol. The molecule has 0 radical (unpaired) electrons. The number of hydrogen-bond donors (Lipinski definition) is 2. The second-order valence-corrected chi connectivity index (χ2v) is 6.11. The van der Waals surface area contributed by atoms with Gasteiger partial charge in [0.1, 0.15) is 5.58 Å². The molecule has 4 nitrogen and oxygen atoms in total. The molecule has 20 heavy (non-hydrogen) atoms. The molecule has 1 amide bonds. The van der Waals surface area contributed by atoms with Crippen molar-refractivity contribution in [3.8, 4) is 0 Å². The summed E-state index contributed by atoms with van der Waals surface area (Å²) in [6.45, 7) is 2.86. The Morgan fingerprint density at radius 3 is 3.15 bits per heavy atom. The summed E-state index contributed by atoms with van der Waals surface area (Å²) < 4.78 is 6.54. The van der Waals surface area contributed by atoms with Gasteiger partial charge in [-0.15, -0.1) is 0 Å². The number of carbonyl (C=O) groups excluding carboxylic acids is 1. The average Bonchev–Trinajstić information content (AvgIpc) is 3.06. The Morgan fingerprint density at radius 2 is 2.35 bits per heavy atom. The molecule has 2 heterocycles. The van der Waals surface area contributed by atoms with E-state index in [0.717, 1.165) is 35.0 Å². The van der Waals surface area contributed by atoms with Crippen molar-refractivity contribution in [1.82, 2.24) is 10.6 Å². The van der Waals surface area contributed by atoms with E-state index in [1.807, 2.05) is 18.2 Å². The Kier molecular flexibility index (Phi) is 4.08. The van der Waals surface area contributed by atoms with Crippen molar-refractivity contribution in [1.29, 1.82) is 0 Å². The number of fused-ring (bicyclic) bond motifs is 1. The molecule has 1 aliphatic heterocycles. The van der Waals surface area contributed by atoms with E-state index in [9.17, 15) is 4.79 Å². The van der Waals surface area contributed by atoms with Gasteiger partial charge in [0.2, 0.25) is 0 Å². The van der Waals surface area contributed by atoms with Gasteiger partial charge in [-0.25, -0.2) is 0 Å². The minimum atomic E-state index is -0.136. The maximum Gasteiger partial charge on any atom is 0.287 e. The molecule has 2 aromatic rings. The van der Waals surface area contributed by atoms with Gasteiger partial charge in [0, 0.05) is 16.4 Å². The fourth-order valence-corrected chi connectivity index (χ4v) is 2.94. The van der Waals surface area contributed by atoms with E-state index in [0.29, 0.717) is 18.2 Å². The van der Waals surface area contributed by atoms with Crippen LogP contribution < -0.4 is 10.6 Å². The summed E-state index contributed by atoms with van der Waals surface area (Å²) in [5.41, 5.74) is 0.735. The lowest BCUT2D eigenvalue weighted by molar-refractivity contribution is 0.0926. The highest BCUT2D eigenvalue weighted by molar-refractivity contribution is 9.10. The van der Waals surface area contributed by atoms with Crippen LogP contribution in [0.1, 0.15) is 23.4 Å². The first-order valence-electron chi connectivity index (χ1n) is 6.90. The molecule has 1 saturated heterocycles. The van der Waals surface area contributed by atoms with Gasteiger partial charge >= 0.3 is 0 Å². The van der Waals surface area contributed by atoms with Crippen molar-refractivity contribution >= 4 is 32.8 Å². The number of benzene rings is 1. The molecule has 1 aromatic heterocycles. The largest absolute Gasteiger partial charge is 0.451 e. The quantitative estimate of drug-likeness (QED) is 0.902. The van der Waals surface area contributed by atoms with Gasteiger partial charge in [0.25, 0.3) is 5.91 Å². The van der Waals surface area contributed by atoms with Crippen LogP contribution >= 0.6 is 15.9 Å². The number of rotatable bonds is 4. The normalized spacial score (nSPS) is 18.6. The van der Waals surface area contributed by atoms with E-state index < -0.39 is 0 Å². The molecule has 5 heteroatoms. The molecule has 106 valence electrons. The summed E-state index contributed by atoms with van der Waals surface area (Å²) >= 11 is 3.41. The van der Waals surface area contributed by atoms with Crippen LogP contribution in [0.15, 0.2) is 33.2 Å². The fraction of sp³-hybridized carbons (Fsp3) is 0.400. The lowest BCUT2D eigenvalue weighted by Crippen LogP contribution is -2.26. The SMILES string of the molecule is O=C(NCCC1CCNC1)c1cc2cc(Br)ccc2o1. The van der Waals surface area contributed by atoms with Crippen LogP contribution in [-0.4, -0.2) is 25.5 Å². The first-order valence-corrected chi connectivity index (χ1v) is 7.70. The number of carbonyl (C=O) groups is 1. The van der Waals surface area contributed by atoms with Gasteiger partial charge < -0.3 is 15.1 Å². The topological polar surface area (TPSA) is 54.3 Å². The summed E-state index contributed by atoms with van der Waals surface area (Å²) in [5, 5.41) is 7.19. The summed E-state index contributed by atoms with van der Waals surface area (Å²) in [5.74, 6) is 0.924. The number of furan rings is 1. The Bertz CT molecular complexity index is 617. The van der Waals surface area contributed by atoms with Gasteiger partial charge in [0.05, 0.1) is 0 Å². The highest BCUT2D eigenvalue weighted by Crippen LogP contribution is 2.23. The lowest BCUT2D eigenvalue weighted by Gasteiger charge is -2.08. The number of hydrogen-bond acceptors (Lipinski definition) is 3. The van der Waals surface area contributed by atoms with Crippen LogP contribution in [0.25, 0.3) is 11.0 Å². The summed E-state index contributed by atoms with van der Waals surface area (Å²) in [6.07, 6.45) is 2.22. The van der Waals surface area contributed by atoms with Crippen LogP contribution in [0.3, 0.4) is 0 Å². The molecule has 1 fully saturated rings. The van der Waals surface area contributed by atoms with Crippen molar-refractivity contribution in [2.45, 2.75) is 12.8 Å². The summed E-state index contributed by atoms with van der Waals surface area (Å²) in [7, 11) is 0. The van der Waals surface area contributed by atoms with Crippen molar-refractivity contribution in [2.24, 2.45) is 5.92 Å². The van der Waals surface area contributed by atoms with Crippen LogP contribution in [0.5, 0.6) is 0 Å². The first kappa shape index (κ1) is 13.6. The molecule has 0 saturated carbocycles. The smallest absolute Gasteiger partial charge is 0.287 e. The van der Waals surface area contributed by atoms with Crippen molar-refractivity contribution < 1.29 is 9.21 Å². The van der Waals surface area contributed by atoms with Gasteiger partial charge in [0.15, 0.2) is 5.76 Å². The number of nitrogens with one attached hydrogen (secondary N) is 2. The second-order valence-electron chi connectivity index (χ2n) is 5.20. The number of halogens is 1. The molecule has 1 atom stereocenters. The van der Waals surface area contributed by atoms with Crippen LogP contribution in [0.2, 0.25) is 0 Å². The first-order chi connectivity index (χ1) is 9.72. The predicted octanol–water partition coefficient (Wildman–Crippen LogP) is 2.92. The highest BCUT2D eigenvalue weighted by Gasteiger charge is 2.16. The molecular formula is C15H17BrN2O2. The molecule has 0 aliphatic carbocycles. The van der Waals surface area contributed by atoms with E-state index in [4.69, 9.17) is 4.42 Å². The van der Waals surface area contributed by atoms with E-state index >= 15 is 0 Å². The van der Waals surface area contributed by atoms with Crippen molar-refractivity contribution in [2.75, 3.05) is 19.6 Å². The Hall–Kier alpha value is -1.33. The lowest BCUT2D eigenvalue weighted by atomic mass is 10.1. The zero-order chi connectivity index (χ0) is 13.9.